The number of nitrogens with zero attached hydrogens (tertiary/aromatic N) is 4. The zero-order valence-corrected chi connectivity index (χ0v) is 16.6. The number of H-pyrrole nitrogens is 1. The van der Waals surface area contributed by atoms with Gasteiger partial charge in [0.25, 0.3) is 0 Å². The number of alkyl halides is 3. The van der Waals surface area contributed by atoms with E-state index in [4.69, 9.17) is 5.11 Å². The lowest BCUT2D eigenvalue weighted by Gasteiger charge is -2.41. The average Bonchev–Trinajstić information content (AvgIpc) is 2.73. The number of nitrogens with one attached hydrogen (secondary N) is 1. The number of anilines is 2. The topological polar surface area (TPSA) is 102 Å². The smallest absolute Gasteiger partial charge is 0.420 e. The molecule has 32 heavy (non-hydrogen) atoms. The Balaban J connectivity index is 1.83. The van der Waals surface area contributed by atoms with E-state index < -0.39 is 51.1 Å². The predicted molar refractivity (Wildman–Crippen MR) is 108 cm³/mol. The highest BCUT2D eigenvalue weighted by Crippen LogP contribution is 2.42. The number of piperazine rings is 1. The molecule has 1 aliphatic rings. The van der Waals surface area contributed by atoms with Crippen molar-refractivity contribution in [3.05, 3.63) is 57.9 Å². The van der Waals surface area contributed by atoms with E-state index in [0.29, 0.717) is 18.2 Å². The lowest BCUT2D eigenvalue weighted by Crippen LogP contribution is -2.53. The second-order valence-electron chi connectivity index (χ2n) is 7.38. The maximum Gasteiger partial charge on any atom is 0.420 e. The minimum absolute atomic E-state index is 0.0429. The lowest BCUT2D eigenvalue weighted by atomic mass is 10.0. The molecule has 8 nitrogen and oxygen atoms in total. The van der Waals surface area contributed by atoms with Crippen molar-refractivity contribution >= 4 is 28.5 Å². The van der Waals surface area contributed by atoms with Crippen LogP contribution >= 0.6 is 0 Å². The molecule has 12 heteroatoms. The molecule has 3 aromatic rings. The van der Waals surface area contributed by atoms with Gasteiger partial charge in [0.1, 0.15) is 16.9 Å². The SMILES string of the molecule is CC1CN(c2c(F)cc3c(=O)c(C(=O)O)c[nH]c3c2C(F)(F)F)CCN1c1ncccn1. The third-order valence-electron chi connectivity index (χ3n) is 5.37. The van der Waals surface area contributed by atoms with Gasteiger partial charge in [0.15, 0.2) is 0 Å². The molecule has 0 aliphatic carbocycles. The van der Waals surface area contributed by atoms with Gasteiger partial charge in [-0.3, -0.25) is 4.79 Å². The van der Waals surface area contributed by atoms with Gasteiger partial charge in [0.2, 0.25) is 11.4 Å². The van der Waals surface area contributed by atoms with Gasteiger partial charge in [-0.05, 0) is 19.1 Å². The first-order valence-corrected chi connectivity index (χ1v) is 9.56. The molecule has 1 aliphatic heterocycles. The van der Waals surface area contributed by atoms with E-state index in [1.54, 1.807) is 25.4 Å². The number of pyridine rings is 1. The normalized spacial score (nSPS) is 17.1. The van der Waals surface area contributed by atoms with Crippen LogP contribution < -0.4 is 15.2 Å². The van der Waals surface area contributed by atoms with Gasteiger partial charge in [-0.25, -0.2) is 19.2 Å². The fourth-order valence-corrected chi connectivity index (χ4v) is 3.97. The first-order chi connectivity index (χ1) is 15.1. The molecule has 1 aromatic carbocycles. The standard InChI is InChI=1S/C20H17F4N5O3/c1-10-9-28(5-6-29(10)19-25-3-2-4-26-19)16-13(21)7-11-15(14(16)20(22,23)24)27-8-12(17(11)30)18(31)32/h2-4,7-8,10H,5-6,9H2,1H3,(H,27,30)(H,31,32). The first kappa shape index (κ1) is 21.5. The molecule has 2 aromatic heterocycles. The molecule has 0 saturated carbocycles. The van der Waals surface area contributed by atoms with Crippen molar-refractivity contribution in [2.45, 2.75) is 19.1 Å². The Hall–Kier alpha value is -3.70. The second-order valence-corrected chi connectivity index (χ2v) is 7.38. The van der Waals surface area contributed by atoms with E-state index in [-0.39, 0.29) is 25.7 Å². The molecule has 4 rings (SSSR count). The second kappa shape index (κ2) is 7.77. The van der Waals surface area contributed by atoms with Crippen LogP contribution in [0.1, 0.15) is 22.8 Å². The maximum absolute atomic E-state index is 15.1. The molecule has 1 saturated heterocycles. The minimum atomic E-state index is -5.01. The number of fused-ring (bicyclic) bond motifs is 1. The number of carboxylic acid groups (broad SMARTS) is 1. The summed E-state index contributed by atoms with van der Waals surface area (Å²) in [6.45, 7) is 2.09. The van der Waals surface area contributed by atoms with Gasteiger partial charge in [0.05, 0.1) is 16.6 Å². The van der Waals surface area contributed by atoms with Gasteiger partial charge in [0, 0.05) is 44.3 Å². The van der Waals surface area contributed by atoms with Crippen molar-refractivity contribution in [1.29, 1.82) is 0 Å². The molecule has 1 fully saturated rings. The third-order valence-corrected chi connectivity index (χ3v) is 5.37. The lowest BCUT2D eigenvalue weighted by molar-refractivity contribution is -0.136. The van der Waals surface area contributed by atoms with E-state index >= 15 is 4.39 Å². The van der Waals surface area contributed by atoms with E-state index in [1.807, 2.05) is 4.90 Å². The van der Waals surface area contributed by atoms with Crippen molar-refractivity contribution in [2.24, 2.45) is 0 Å². The number of aromatic amines is 1. The van der Waals surface area contributed by atoms with Crippen molar-refractivity contribution in [3.8, 4) is 0 Å². The van der Waals surface area contributed by atoms with Crippen LogP contribution in [0, 0.1) is 5.82 Å². The van der Waals surface area contributed by atoms with E-state index in [9.17, 15) is 22.8 Å². The van der Waals surface area contributed by atoms with Gasteiger partial charge < -0.3 is 19.9 Å². The number of hydrogen-bond donors (Lipinski definition) is 2. The van der Waals surface area contributed by atoms with Gasteiger partial charge in [-0.2, -0.15) is 13.2 Å². The van der Waals surface area contributed by atoms with Crippen LogP contribution in [-0.2, 0) is 6.18 Å². The molecule has 168 valence electrons. The van der Waals surface area contributed by atoms with Crippen LogP contribution in [0.4, 0.5) is 29.2 Å². The highest BCUT2D eigenvalue weighted by molar-refractivity contribution is 5.95. The molecule has 0 bridgehead atoms. The van der Waals surface area contributed by atoms with Crippen LogP contribution in [0.3, 0.4) is 0 Å². The van der Waals surface area contributed by atoms with Crippen LogP contribution in [0.15, 0.2) is 35.5 Å². The highest BCUT2D eigenvalue weighted by Gasteiger charge is 2.41. The summed E-state index contributed by atoms with van der Waals surface area (Å²) in [6.07, 6.45) is -1.22. The number of aromatic nitrogens is 3. The van der Waals surface area contributed by atoms with Gasteiger partial charge in [-0.15, -0.1) is 0 Å². The molecule has 0 amide bonds. The fourth-order valence-electron chi connectivity index (χ4n) is 3.97. The summed E-state index contributed by atoms with van der Waals surface area (Å²) in [6, 6.07) is 1.96. The molecule has 1 unspecified atom stereocenters. The number of carboxylic acids is 1. The van der Waals surface area contributed by atoms with Crippen molar-refractivity contribution < 1.29 is 27.5 Å². The van der Waals surface area contributed by atoms with Crippen LogP contribution in [0.25, 0.3) is 10.9 Å². The summed E-state index contributed by atoms with van der Waals surface area (Å²) in [5.41, 5.74) is -4.67. The summed E-state index contributed by atoms with van der Waals surface area (Å²) >= 11 is 0. The van der Waals surface area contributed by atoms with Crippen molar-refractivity contribution in [2.75, 3.05) is 29.4 Å². The number of rotatable bonds is 3. The average molecular weight is 451 g/mol. The zero-order valence-electron chi connectivity index (χ0n) is 16.6. The van der Waals surface area contributed by atoms with E-state index in [0.717, 1.165) is 0 Å². The van der Waals surface area contributed by atoms with Crippen LogP contribution in [0.2, 0.25) is 0 Å². The molecule has 0 spiro atoms. The predicted octanol–water partition coefficient (Wildman–Crippen LogP) is 2.89. The summed E-state index contributed by atoms with van der Waals surface area (Å²) in [5, 5.41) is 8.39. The number of carbonyl (C=O) groups is 1. The Bertz CT molecular complexity index is 1250. The Morgan fingerprint density at radius 1 is 1.25 bits per heavy atom. The summed E-state index contributed by atoms with van der Waals surface area (Å²) in [7, 11) is 0. The molecule has 2 N–H and O–H groups in total. The quantitative estimate of drug-likeness (QED) is 0.591. The van der Waals surface area contributed by atoms with Gasteiger partial charge >= 0.3 is 12.1 Å². The first-order valence-electron chi connectivity index (χ1n) is 9.56. The summed E-state index contributed by atoms with van der Waals surface area (Å²) in [4.78, 5) is 37.2. The zero-order chi connectivity index (χ0) is 23.2. The van der Waals surface area contributed by atoms with E-state index in [2.05, 4.69) is 15.0 Å². The molecule has 0 radical (unpaired) electrons. The number of aromatic carboxylic acids is 1. The Kier molecular flexibility index (Phi) is 5.23. The van der Waals surface area contributed by atoms with Gasteiger partial charge in [-0.1, -0.05) is 0 Å². The Labute approximate surface area is 178 Å². The van der Waals surface area contributed by atoms with Crippen molar-refractivity contribution in [3.63, 3.8) is 0 Å². The Morgan fingerprint density at radius 2 is 1.94 bits per heavy atom. The summed E-state index contributed by atoms with van der Waals surface area (Å²) in [5.74, 6) is -2.46. The maximum atomic E-state index is 15.1. The van der Waals surface area contributed by atoms with E-state index in [1.165, 1.54) is 4.90 Å². The number of halogens is 4. The Morgan fingerprint density at radius 3 is 2.53 bits per heavy atom. The van der Waals surface area contributed by atoms with Crippen LogP contribution in [0.5, 0.6) is 0 Å². The minimum Gasteiger partial charge on any atom is -0.477 e. The molecular weight excluding hydrogens is 434 g/mol. The number of benzene rings is 1. The number of hydrogen-bond acceptors (Lipinski definition) is 6. The third kappa shape index (κ3) is 3.61. The summed E-state index contributed by atoms with van der Waals surface area (Å²) < 4.78 is 57.3. The largest absolute Gasteiger partial charge is 0.477 e. The fraction of sp³-hybridized carbons (Fsp3) is 0.300. The van der Waals surface area contributed by atoms with Crippen molar-refractivity contribution in [1.82, 2.24) is 15.0 Å². The highest BCUT2D eigenvalue weighted by atomic mass is 19.4. The molecule has 3 heterocycles. The molecular formula is C20H17F4N5O3. The monoisotopic (exact) mass is 451 g/mol. The van der Waals surface area contributed by atoms with Crippen LogP contribution in [-0.4, -0.2) is 51.7 Å². The molecule has 1 atom stereocenters.